The zero-order valence-corrected chi connectivity index (χ0v) is 17.8. The van der Waals surface area contributed by atoms with E-state index in [0.717, 1.165) is 29.1 Å². The number of nitrogens with one attached hydrogen (secondary N) is 1. The molecule has 0 aliphatic rings. The summed E-state index contributed by atoms with van der Waals surface area (Å²) >= 11 is 0. The maximum atomic E-state index is 12.8. The number of aromatic nitrogens is 2. The molecule has 0 aliphatic carbocycles. The number of carbonyl (C=O) groups is 1. The molecule has 158 valence electrons. The topological polar surface area (TPSA) is 58.9 Å². The van der Waals surface area contributed by atoms with Crippen molar-refractivity contribution in [2.24, 2.45) is 0 Å². The molecule has 6 heteroatoms. The molecule has 4 rings (SSSR count). The molecule has 1 amide bonds. The lowest BCUT2D eigenvalue weighted by Gasteiger charge is -2.21. The van der Waals surface area contributed by atoms with Gasteiger partial charge in [0, 0.05) is 18.3 Å². The summed E-state index contributed by atoms with van der Waals surface area (Å²) in [5.41, 5.74) is 4.64. The SMILES string of the molecule is CCN(CC(=O)Nc1ccccc1OC)Cc1c(-c2ccccc2)nc2ccccn12. The molecule has 0 bridgehead atoms. The monoisotopic (exact) mass is 414 g/mol. The van der Waals surface area contributed by atoms with Crippen molar-refractivity contribution in [2.45, 2.75) is 13.5 Å². The van der Waals surface area contributed by atoms with Crippen LogP contribution in [0.4, 0.5) is 5.69 Å². The Morgan fingerprint density at radius 2 is 1.77 bits per heavy atom. The third kappa shape index (κ3) is 4.59. The first-order chi connectivity index (χ1) is 15.2. The number of benzene rings is 2. The second-order valence-corrected chi connectivity index (χ2v) is 7.25. The molecular weight excluding hydrogens is 388 g/mol. The molecule has 0 atom stereocenters. The van der Waals surface area contributed by atoms with Crippen LogP contribution in [0.5, 0.6) is 5.75 Å². The first-order valence-corrected chi connectivity index (χ1v) is 10.4. The smallest absolute Gasteiger partial charge is 0.238 e. The van der Waals surface area contributed by atoms with E-state index in [2.05, 4.69) is 33.7 Å². The first-order valence-electron chi connectivity index (χ1n) is 10.4. The van der Waals surface area contributed by atoms with Gasteiger partial charge in [-0.2, -0.15) is 0 Å². The van der Waals surface area contributed by atoms with Crippen LogP contribution >= 0.6 is 0 Å². The lowest BCUT2D eigenvalue weighted by atomic mass is 10.1. The van der Waals surface area contributed by atoms with Gasteiger partial charge in [0.05, 0.1) is 30.7 Å². The second kappa shape index (κ2) is 9.45. The van der Waals surface area contributed by atoms with Crippen LogP contribution in [-0.4, -0.2) is 40.4 Å². The molecule has 0 spiro atoms. The molecule has 2 heterocycles. The van der Waals surface area contributed by atoms with E-state index in [0.29, 0.717) is 18.0 Å². The third-order valence-electron chi connectivity index (χ3n) is 5.24. The average molecular weight is 415 g/mol. The molecular formula is C25H26N4O2. The molecule has 0 radical (unpaired) electrons. The Labute approximate surface area is 182 Å². The number of hydrogen-bond acceptors (Lipinski definition) is 4. The number of pyridine rings is 1. The molecule has 4 aromatic rings. The Hall–Kier alpha value is -3.64. The van der Waals surface area contributed by atoms with Crippen molar-refractivity contribution in [1.82, 2.24) is 14.3 Å². The summed E-state index contributed by atoms with van der Waals surface area (Å²) in [6.07, 6.45) is 2.02. The minimum atomic E-state index is -0.0820. The van der Waals surface area contributed by atoms with Crippen LogP contribution in [0, 0.1) is 0 Å². The highest BCUT2D eigenvalue weighted by Crippen LogP contribution is 2.26. The largest absolute Gasteiger partial charge is 0.495 e. The number of carbonyl (C=O) groups excluding carboxylic acids is 1. The predicted molar refractivity (Wildman–Crippen MR) is 123 cm³/mol. The molecule has 0 fully saturated rings. The van der Waals surface area contributed by atoms with Crippen molar-refractivity contribution in [3.05, 3.63) is 84.7 Å². The molecule has 0 aliphatic heterocycles. The standard InChI is InChI=1S/C25H26N4O2/c1-3-28(18-24(30)26-20-13-7-8-14-22(20)31-2)17-21-25(19-11-5-4-6-12-19)27-23-15-9-10-16-29(21)23/h4-16H,3,17-18H2,1-2H3,(H,26,30). The minimum Gasteiger partial charge on any atom is -0.495 e. The van der Waals surface area contributed by atoms with E-state index in [9.17, 15) is 4.79 Å². The van der Waals surface area contributed by atoms with Crippen LogP contribution in [-0.2, 0) is 11.3 Å². The Kier molecular flexibility index (Phi) is 6.29. The fraction of sp³-hybridized carbons (Fsp3) is 0.200. The van der Waals surface area contributed by atoms with Gasteiger partial charge in [-0.1, -0.05) is 55.5 Å². The van der Waals surface area contributed by atoms with Gasteiger partial charge in [-0.15, -0.1) is 0 Å². The summed E-state index contributed by atoms with van der Waals surface area (Å²) in [5, 5.41) is 2.96. The maximum Gasteiger partial charge on any atom is 0.238 e. The summed E-state index contributed by atoms with van der Waals surface area (Å²) in [4.78, 5) is 19.7. The van der Waals surface area contributed by atoms with Crippen LogP contribution in [0.1, 0.15) is 12.6 Å². The number of amides is 1. The van der Waals surface area contributed by atoms with Gasteiger partial charge in [-0.05, 0) is 30.8 Å². The van der Waals surface area contributed by atoms with Crippen molar-refractivity contribution in [2.75, 3.05) is 25.5 Å². The summed E-state index contributed by atoms with van der Waals surface area (Å²) < 4.78 is 7.44. The van der Waals surface area contributed by atoms with Gasteiger partial charge in [-0.3, -0.25) is 9.69 Å². The number of ether oxygens (including phenoxy) is 1. The van der Waals surface area contributed by atoms with Gasteiger partial charge < -0.3 is 14.5 Å². The normalized spacial score (nSPS) is 11.1. The van der Waals surface area contributed by atoms with E-state index in [1.807, 2.05) is 66.9 Å². The van der Waals surface area contributed by atoms with Crippen LogP contribution in [0.25, 0.3) is 16.9 Å². The maximum absolute atomic E-state index is 12.8. The number of fused-ring (bicyclic) bond motifs is 1. The van der Waals surface area contributed by atoms with Crippen LogP contribution in [0.15, 0.2) is 79.0 Å². The fourth-order valence-electron chi connectivity index (χ4n) is 3.66. The van der Waals surface area contributed by atoms with Crippen molar-refractivity contribution in [3.8, 4) is 17.0 Å². The second-order valence-electron chi connectivity index (χ2n) is 7.25. The van der Waals surface area contributed by atoms with Gasteiger partial charge in [0.2, 0.25) is 5.91 Å². The van der Waals surface area contributed by atoms with Crippen molar-refractivity contribution in [1.29, 1.82) is 0 Å². The molecule has 1 N–H and O–H groups in total. The van der Waals surface area contributed by atoms with Gasteiger partial charge >= 0.3 is 0 Å². The first kappa shape index (κ1) is 20.6. The highest BCUT2D eigenvalue weighted by Gasteiger charge is 2.18. The number of likely N-dealkylation sites (N-methyl/N-ethyl adjacent to an activating group) is 1. The average Bonchev–Trinajstić information content (AvgIpc) is 3.18. The van der Waals surface area contributed by atoms with Gasteiger partial charge in [0.15, 0.2) is 0 Å². The molecule has 6 nitrogen and oxygen atoms in total. The fourth-order valence-corrected chi connectivity index (χ4v) is 3.66. The summed E-state index contributed by atoms with van der Waals surface area (Å²) in [7, 11) is 1.60. The van der Waals surface area contributed by atoms with Gasteiger partial charge in [-0.25, -0.2) is 4.98 Å². The van der Waals surface area contributed by atoms with E-state index in [1.54, 1.807) is 7.11 Å². The zero-order chi connectivity index (χ0) is 21.6. The Morgan fingerprint density at radius 3 is 2.55 bits per heavy atom. The number of methoxy groups -OCH3 is 1. The lowest BCUT2D eigenvalue weighted by molar-refractivity contribution is -0.117. The number of nitrogens with zero attached hydrogens (tertiary/aromatic N) is 3. The highest BCUT2D eigenvalue weighted by atomic mass is 16.5. The van der Waals surface area contributed by atoms with Gasteiger partial charge in [0.1, 0.15) is 11.4 Å². The minimum absolute atomic E-state index is 0.0820. The summed E-state index contributed by atoms with van der Waals surface area (Å²) in [6, 6.07) is 23.6. The molecule has 0 saturated carbocycles. The summed E-state index contributed by atoms with van der Waals surface area (Å²) in [5.74, 6) is 0.563. The Morgan fingerprint density at radius 1 is 1.03 bits per heavy atom. The zero-order valence-electron chi connectivity index (χ0n) is 17.8. The van der Waals surface area contributed by atoms with Crippen LogP contribution in [0.2, 0.25) is 0 Å². The number of para-hydroxylation sites is 2. The molecule has 0 saturated heterocycles. The Bertz CT molecular complexity index is 1170. The quantitative estimate of drug-likeness (QED) is 0.462. The molecule has 0 unspecified atom stereocenters. The number of hydrogen-bond donors (Lipinski definition) is 1. The predicted octanol–water partition coefficient (Wildman–Crippen LogP) is 4.47. The van der Waals surface area contributed by atoms with Crippen LogP contribution in [0.3, 0.4) is 0 Å². The van der Waals surface area contributed by atoms with E-state index in [1.165, 1.54) is 0 Å². The lowest BCUT2D eigenvalue weighted by Crippen LogP contribution is -2.33. The third-order valence-corrected chi connectivity index (χ3v) is 5.24. The van der Waals surface area contributed by atoms with Crippen molar-refractivity contribution < 1.29 is 9.53 Å². The Balaban J connectivity index is 1.58. The van der Waals surface area contributed by atoms with E-state index < -0.39 is 0 Å². The number of rotatable bonds is 8. The number of anilines is 1. The summed E-state index contributed by atoms with van der Waals surface area (Å²) in [6.45, 7) is 3.66. The number of imidazole rings is 1. The molecule has 2 aromatic heterocycles. The van der Waals surface area contributed by atoms with Crippen molar-refractivity contribution in [3.63, 3.8) is 0 Å². The van der Waals surface area contributed by atoms with Crippen LogP contribution < -0.4 is 10.1 Å². The van der Waals surface area contributed by atoms with E-state index in [-0.39, 0.29) is 12.5 Å². The van der Waals surface area contributed by atoms with Crippen molar-refractivity contribution >= 4 is 17.2 Å². The van der Waals surface area contributed by atoms with E-state index >= 15 is 0 Å². The van der Waals surface area contributed by atoms with E-state index in [4.69, 9.17) is 9.72 Å². The molecule has 2 aromatic carbocycles. The van der Waals surface area contributed by atoms with Gasteiger partial charge in [0.25, 0.3) is 0 Å². The molecule has 31 heavy (non-hydrogen) atoms. The highest BCUT2D eigenvalue weighted by molar-refractivity contribution is 5.93.